The van der Waals surface area contributed by atoms with E-state index in [0.717, 1.165) is 12.1 Å². The number of aromatic nitrogens is 5. The quantitative estimate of drug-likeness (QED) is 0.578. The second-order valence-corrected chi connectivity index (χ2v) is 4.33. The van der Waals surface area contributed by atoms with Crippen molar-refractivity contribution in [1.82, 2.24) is 24.8 Å². The van der Waals surface area contributed by atoms with Gasteiger partial charge in [0.1, 0.15) is 6.61 Å². The molecule has 0 fully saturated rings. The lowest BCUT2D eigenvalue weighted by Gasteiger charge is -2.04. The molecule has 0 saturated heterocycles. The summed E-state index contributed by atoms with van der Waals surface area (Å²) in [6.45, 7) is 6.09. The first-order chi connectivity index (χ1) is 9.63. The Bertz CT molecular complexity index is 614. The van der Waals surface area contributed by atoms with E-state index in [0.29, 0.717) is 12.2 Å². The maximum absolute atomic E-state index is 11.7. The summed E-state index contributed by atoms with van der Waals surface area (Å²) in [4.78, 5) is 11.7. The highest BCUT2D eigenvalue weighted by molar-refractivity contribution is 5.88. The highest BCUT2D eigenvalue weighted by Crippen LogP contribution is 2.07. The molecule has 20 heavy (non-hydrogen) atoms. The minimum Gasteiger partial charge on any atom is -0.457 e. The van der Waals surface area contributed by atoms with Crippen LogP contribution in [0.3, 0.4) is 0 Å². The Balaban J connectivity index is 2.03. The van der Waals surface area contributed by atoms with E-state index in [2.05, 4.69) is 22.0 Å². The lowest BCUT2D eigenvalue weighted by Crippen LogP contribution is -2.10. The monoisotopic (exact) mass is 275 g/mol. The van der Waals surface area contributed by atoms with Crippen LogP contribution in [0.25, 0.3) is 0 Å². The number of carbonyl (C=O) groups excluding carboxylic acids is 1. The molecule has 7 nitrogen and oxygen atoms in total. The van der Waals surface area contributed by atoms with E-state index in [9.17, 15) is 4.79 Å². The van der Waals surface area contributed by atoms with Crippen molar-refractivity contribution < 1.29 is 9.53 Å². The third-order valence-corrected chi connectivity index (χ3v) is 3.01. The first kappa shape index (κ1) is 14.0. The van der Waals surface area contributed by atoms with Crippen molar-refractivity contribution in [1.29, 1.82) is 0 Å². The van der Waals surface area contributed by atoms with E-state index in [-0.39, 0.29) is 12.3 Å². The largest absolute Gasteiger partial charge is 0.457 e. The second kappa shape index (κ2) is 6.14. The first-order valence-corrected chi connectivity index (χ1v) is 6.28. The third-order valence-electron chi connectivity index (χ3n) is 3.01. The number of hydrogen-bond acceptors (Lipinski definition) is 5. The number of rotatable bonds is 6. The number of aryl methyl sites for hydroxylation is 3. The van der Waals surface area contributed by atoms with E-state index in [1.807, 2.05) is 17.8 Å². The molecule has 2 aromatic rings. The van der Waals surface area contributed by atoms with Crippen LogP contribution in [0.1, 0.15) is 21.9 Å². The van der Waals surface area contributed by atoms with Crippen molar-refractivity contribution in [2.24, 2.45) is 7.05 Å². The molecule has 0 radical (unpaired) electrons. The lowest BCUT2D eigenvalue weighted by molar-refractivity contribution is 0.0542. The molecule has 0 bridgehead atoms. The minimum atomic E-state index is -0.478. The Morgan fingerprint density at radius 3 is 3.00 bits per heavy atom. The van der Waals surface area contributed by atoms with Gasteiger partial charge in [0.2, 0.25) is 0 Å². The third kappa shape index (κ3) is 2.93. The Morgan fingerprint density at radius 2 is 2.35 bits per heavy atom. The van der Waals surface area contributed by atoms with Crippen LogP contribution in [-0.2, 0) is 24.8 Å². The molecule has 0 aliphatic rings. The number of hydrogen-bond donors (Lipinski definition) is 0. The van der Waals surface area contributed by atoms with Gasteiger partial charge in [0.05, 0.1) is 5.69 Å². The zero-order valence-electron chi connectivity index (χ0n) is 11.6. The lowest BCUT2D eigenvalue weighted by atomic mass is 10.3. The van der Waals surface area contributed by atoms with E-state index in [1.165, 1.54) is 6.08 Å². The fourth-order valence-corrected chi connectivity index (χ4v) is 1.83. The van der Waals surface area contributed by atoms with E-state index < -0.39 is 5.97 Å². The van der Waals surface area contributed by atoms with Gasteiger partial charge in [-0.15, -0.1) is 5.10 Å². The first-order valence-electron chi connectivity index (χ1n) is 6.28. The maximum atomic E-state index is 11.7. The van der Waals surface area contributed by atoms with Gasteiger partial charge < -0.3 is 4.74 Å². The van der Waals surface area contributed by atoms with Gasteiger partial charge >= 0.3 is 5.97 Å². The van der Waals surface area contributed by atoms with Gasteiger partial charge in [0, 0.05) is 31.9 Å². The average Bonchev–Trinajstić information content (AvgIpc) is 3.00. The average molecular weight is 275 g/mol. The summed E-state index contributed by atoms with van der Waals surface area (Å²) in [6, 6.07) is 1.95. The van der Waals surface area contributed by atoms with Crippen LogP contribution >= 0.6 is 0 Å². The Kier molecular flexibility index (Phi) is 4.29. The van der Waals surface area contributed by atoms with Crippen LogP contribution in [-0.4, -0.2) is 37.4 Å². The number of carbonyl (C=O) groups is 1. The minimum absolute atomic E-state index is 0.167. The molecule has 0 spiro atoms. The SMILES string of the molecule is C=CCOC(=O)c1nnn(CCc2ccnn2C)c1C. The Hall–Kier alpha value is -2.44. The normalized spacial score (nSPS) is 10.5. The van der Waals surface area contributed by atoms with Crippen LogP contribution in [0.15, 0.2) is 24.9 Å². The van der Waals surface area contributed by atoms with Crippen molar-refractivity contribution in [3.05, 3.63) is 42.0 Å². The Morgan fingerprint density at radius 1 is 1.55 bits per heavy atom. The number of nitrogens with zero attached hydrogens (tertiary/aromatic N) is 5. The van der Waals surface area contributed by atoms with E-state index >= 15 is 0 Å². The van der Waals surface area contributed by atoms with Gasteiger partial charge in [-0.25, -0.2) is 9.48 Å². The van der Waals surface area contributed by atoms with Gasteiger partial charge in [-0.2, -0.15) is 5.10 Å². The van der Waals surface area contributed by atoms with Crippen molar-refractivity contribution in [3.63, 3.8) is 0 Å². The summed E-state index contributed by atoms with van der Waals surface area (Å²) in [5.41, 5.74) is 2.04. The predicted molar refractivity (Wildman–Crippen MR) is 72.2 cm³/mol. The molecule has 0 amide bonds. The molecule has 0 saturated carbocycles. The van der Waals surface area contributed by atoms with E-state index in [4.69, 9.17) is 4.74 Å². The molecule has 2 aromatic heterocycles. The van der Waals surface area contributed by atoms with Crippen LogP contribution in [0, 0.1) is 6.92 Å². The summed E-state index contributed by atoms with van der Waals surface area (Å²) >= 11 is 0. The predicted octanol–water partition coefficient (Wildman–Crippen LogP) is 0.906. The summed E-state index contributed by atoms with van der Waals surface area (Å²) < 4.78 is 8.46. The van der Waals surface area contributed by atoms with Crippen molar-refractivity contribution in [2.75, 3.05) is 6.61 Å². The maximum Gasteiger partial charge on any atom is 0.361 e. The molecule has 106 valence electrons. The smallest absolute Gasteiger partial charge is 0.361 e. The second-order valence-electron chi connectivity index (χ2n) is 4.33. The van der Waals surface area contributed by atoms with Crippen LogP contribution in [0.4, 0.5) is 0 Å². The van der Waals surface area contributed by atoms with Crippen LogP contribution < -0.4 is 0 Å². The summed E-state index contributed by atoms with van der Waals surface area (Å²) in [6.07, 6.45) is 4.03. The summed E-state index contributed by atoms with van der Waals surface area (Å²) in [7, 11) is 1.89. The molecule has 0 atom stereocenters. The van der Waals surface area contributed by atoms with Crippen molar-refractivity contribution in [2.45, 2.75) is 19.9 Å². The Labute approximate surface area is 116 Å². The van der Waals surface area contributed by atoms with Crippen LogP contribution in [0.5, 0.6) is 0 Å². The van der Waals surface area contributed by atoms with Gasteiger partial charge in [0.15, 0.2) is 5.69 Å². The fraction of sp³-hybridized carbons (Fsp3) is 0.385. The number of esters is 1. The van der Waals surface area contributed by atoms with Crippen molar-refractivity contribution in [3.8, 4) is 0 Å². The molecular formula is C13H17N5O2. The molecule has 0 aliphatic carbocycles. The van der Waals surface area contributed by atoms with Crippen molar-refractivity contribution >= 4 is 5.97 Å². The zero-order valence-corrected chi connectivity index (χ0v) is 11.6. The summed E-state index contributed by atoms with van der Waals surface area (Å²) in [5.74, 6) is -0.478. The molecule has 2 rings (SSSR count). The summed E-state index contributed by atoms with van der Waals surface area (Å²) in [5, 5.41) is 12.0. The van der Waals surface area contributed by atoms with Crippen LogP contribution in [0.2, 0.25) is 0 Å². The molecular weight excluding hydrogens is 258 g/mol. The topological polar surface area (TPSA) is 74.8 Å². The highest BCUT2D eigenvalue weighted by Gasteiger charge is 2.17. The highest BCUT2D eigenvalue weighted by atomic mass is 16.5. The standard InChI is InChI=1S/C13H17N5O2/c1-4-9-20-13(19)12-10(2)18(16-15-12)8-6-11-5-7-14-17(11)3/h4-5,7H,1,6,8-9H2,2-3H3. The molecule has 7 heteroatoms. The molecule has 0 N–H and O–H groups in total. The van der Waals surface area contributed by atoms with E-state index in [1.54, 1.807) is 17.8 Å². The van der Waals surface area contributed by atoms with Gasteiger partial charge in [0.25, 0.3) is 0 Å². The number of ether oxygens (including phenoxy) is 1. The molecule has 0 aliphatic heterocycles. The molecule has 0 unspecified atom stereocenters. The fourth-order valence-electron chi connectivity index (χ4n) is 1.83. The zero-order chi connectivity index (χ0) is 14.5. The van der Waals surface area contributed by atoms with Gasteiger partial charge in [-0.05, 0) is 13.0 Å². The molecule has 0 aromatic carbocycles. The van der Waals surface area contributed by atoms with Gasteiger partial charge in [-0.3, -0.25) is 4.68 Å². The van der Waals surface area contributed by atoms with Gasteiger partial charge in [-0.1, -0.05) is 17.9 Å². The molecule has 2 heterocycles.